The number of nitrogens with one attached hydrogen (secondary N) is 1. The Morgan fingerprint density at radius 3 is 2.25 bits per heavy atom. The summed E-state index contributed by atoms with van der Waals surface area (Å²) in [7, 11) is 0. The van der Waals surface area contributed by atoms with Crippen molar-refractivity contribution in [3.8, 4) is 5.75 Å². The van der Waals surface area contributed by atoms with Crippen LogP contribution in [0, 0.1) is 0 Å². The van der Waals surface area contributed by atoms with Gasteiger partial charge < -0.3 is 10.1 Å². The van der Waals surface area contributed by atoms with Gasteiger partial charge in [0.1, 0.15) is 12.4 Å². The fourth-order valence-corrected chi connectivity index (χ4v) is 2.88. The van der Waals surface area contributed by atoms with Gasteiger partial charge >= 0.3 is 0 Å². The quantitative estimate of drug-likeness (QED) is 0.620. The van der Waals surface area contributed by atoms with Crippen LogP contribution in [0.15, 0.2) is 78.9 Å². The minimum atomic E-state index is -0.108. The molecule has 0 aliphatic carbocycles. The van der Waals surface area contributed by atoms with Gasteiger partial charge in [0.25, 0.3) is 5.91 Å². The van der Waals surface area contributed by atoms with E-state index in [1.807, 2.05) is 42.5 Å². The molecule has 3 aromatic carbocycles. The Morgan fingerprint density at radius 1 is 0.857 bits per heavy atom. The molecule has 0 unspecified atom stereocenters. The van der Waals surface area contributed by atoms with Gasteiger partial charge in [-0.2, -0.15) is 0 Å². The largest absolute Gasteiger partial charge is 0.489 e. The number of amides is 1. The van der Waals surface area contributed by atoms with Crippen molar-refractivity contribution in [2.75, 3.05) is 0 Å². The van der Waals surface area contributed by atoms with Gasteiger partial charge in [0.05, 0.1) is 0 Å². The maximum atomic E-state index is 12.4. The van der Waals surface area contributed by atoms with E-state index in [1.54, 1.807) is 12.1 Å². The van der Waals surface area contributed by atoms with Crippen molar-refractivity contribution < 1.29 is 9.53 Å². The number of carbonyl (C=O) groups excluding carboxylic acids is 1. The zero-order valence-corrected chi connectivity index (χ0v) is 16.7. The minimum Gasteiger partial charge on any atom is -0.489 e. The smallest absolute Gasteiger partial charge is 0.251 e. The van der Waals surface area contributed by atoms with Gasteiger partial charge in [0, 0.05) is 12.1 Å². The van der Waals surface area contributed by atoms with Gasteiger partial charge in [0.15, 0.2) is 0 Å². The second-order valence-electron chi connectivity index (χ2n) is 7.93. The van der Waals surface area contributed by atoms with Crippen LogP contribution in [-0.4, -0.2) is 5.91 Å². The molecule has 3 aromatic rings. The molecule has 0 heterocycles. The Bertz CT molecular complexity index is 909. The zero-order valence-electron chi connectivity index (χ0n) is 16.7. The molecule has 3 heteroatoms. The number of benzene rings is 3. The fraction of sp³-hybridized carbons (Fsp3) is 0.240. The van der Waals surface area contributed by atoms with Gasteiger partial charge in [-0.15, -0.1) is 0 Å². The van der Waals surface area contributed by atoms with Gasteiger partial charge in [-0.05, 0) is 40.3 Å². The lowest BCUT2D eigenvalue weighted by Crippen LogP contribution is -2.22. The summed E-state index contributed by atoms with van der Waals surface area (Å²) in [6.45, 7) is 7.58. The molecule has 0 aromatic heterocycles. The Labute approximate surface area is 167 Å². The van der Waals surface area contributed by atoms with Crippen LogP contribution in [-0.2, 0) is 18.6 Å². The molecule has 0 saturated heterocycles. The van der Waals surface area contributed by atoms with E-state index >= 15 is 0 Å². The van der Waals surface area contributed by atoms with Gasteiger partial charge in [-0.1, -0.05) is 81.4 Å². The number of hydrogen-bond donors (Lipinski definition) is 1. The topological polar surface area (TPSA) is 38.3 Å². The van der Waals surface area contributed by atoms with Crippen LogP contribution < -0.4 is 10.1 Å². The van der Waals surface area contributed by atoms with Crippen molar-refractivity contribution in [2.45, 2.75) is 39.3 Å². The first-order chi connectivity index (χ1) is 13.4. The number of carbonyl (C=O) groups is 1. The van der Waals surface area contributed by atoms with Crippen LogP contribution in [0.3, 0.4) is 0 Å². The van der Waals surface area contributed by atoms with Crippen LogP contribution in [0.5, 0.6) is 5.75 Å². The lowest BCUT2D eigenvalue weighted by molar-refractivity contribution is 0.0950. The van der Waals surface area contributed by atoms with E-state index in [-0.39, 0.29) is 11.3 Å². The zero-order chi connectivity index (χ0) is 20.0. The first-order valence-electron chi connectivity index (χ1n) is 9.56. The number of rotatable bonds is 6. The van der Waals surface area contributed by atoms with E-state index in [4.69, 9.17) is 4.74 Å². The first-order valence-corrected chi connectivity index (χ1v) is 9.56. The highest BCUT2D eigenvalue weighted by molar-refractivity contribution is 5.94. The third-order valence-corrected chi connectivity index (χ3v) is 4.62. The second-order valence-corrected chi connectivity index (χ2v) is 7.93. The van der Waals surface area contributed by atoms with Crippen molar-refractivity contribution in [3.05, 3.63) is 101 Å². The molecular weight excluding hydrogens is 346 g/mol. The predicted octanol–water partition coefficient (Wildman–Crippen LogP) is 5.49. The van der Waals surface area contributed by atoms with Crippen LogP contribution in [0.4, 0.5) is 0 Å². The van der Waals surface area contributed by atoms with Gasteiger partial charge in [-0.3, -0.25) is 4.79 Å². The molecule has 3 rings (SSSR count). The van der Waals surface area contributed by atoms with E-state index in [1.165, 1.54) is 5.56 Å². The third kappa shape index (κ3) is 5.46. The molecule has 0 aliphatic heterocycles. The van der Waals surface area contributed by atoms with Crippen LogP contribution in [0.25, 0.3) is 0 Å². The summed E-state index contributed by atoms with van der Waals surface area (Å²) < 4.78 is 5.89. The Hall–Kier alpha value is -3.07. The normalized spacial score (nSPS) is 11.1. The summed E-state index contributed by atoms with van der Waals surface area (Å²) in [6.07, 6.45) is 0. The van der Waals surface area contributed by atoms with Crippen LogP contribution >= 0.6 is 0 Å². The van der Waals surface area contributed by atoms with Gasteiger partial charge in [-0.25, -0.2) is 0 Å². The van der Waals surface area contributed by atoms with Crippen LogP contribution in [0.1, 0.15) is 47.8 Å². The molecule has 0 fully saturated rings. The minimum absolute atomic E-state index is 0.108. The highest BCUT2D eigenvalue weighted by Gasteiger charge is 2.13. The fourth-order valence-electron chi connectivity index (χ4n) is 2.88. The average Bonchev–Trinajstić information content (AvgIpc) is 2.71. The maximum Gasteiger partial charge on any atom is 0.251 e. The summed E-state index contributed by atoms with van der Waals surface area (Å²) in [5.41, 5.74) is 4.21. The maximum absolute atomic E-state index is 12.4. The van der Waals surface area contributed by atoms with Crippen molar-refractivity contribution >= 4 is 5.91 Å². The molecule has 28 heavy (non-hydrogen) atoms. The Balaban J connectivity index is 1.57. The molecule has 0 atom stereocenters. The van der Waals surface area contributed by atoms with E-state index < -0.39 is 0 Å². The van der Waals surface area contributed by atoms with Crippen molar-refractivity contribution in [2.24, 2.45) is 0 Å². The molecule has 0 spiro atoms. The number of ether oxygens (including phenoxy) is 1. The number of hydrogen-bond acceptors (Lipinski definition) is 2. The molecule has 0 radical (unpaired) electrons. The molecular formula is C25H27NO2. The summed E-state index contributed by atoms with van der Waals surface area (Å²) in [5, 5.41) is 2.94. The summed E-state index contributed by atoms with van der Waals surface area (Å²) in [5.74, 6) is 0.580. The highest BCUT2D eigenvalue weighted by Crippen LogP contribution is 2.23. The molecule has 1 amide bonds. The molecule has 0 bridgehead atoms. The molecule has 144 valence electrons. The molecule has 1 N–H and O–H groups in total. The Kier molecular flexibility index (Phi) is 6.15. The molecule has 3 nitrogen and oxygen atoms in total. The van der Waals surface area contributed by atoms with Gasteiger partial charge in [0.2, 0.25) is 0 Å². The van der Waals surface area contributed by atoms with Crippen molar-refractivity contribution in [3.63, 3.8) is 0 Å². The van der Waals surface area contributed by atoms with Crippen molar-refractivity contribution in [1.29, 1.82) is 0 Å². The van der Waals surface area contributed by atoms with E-state index in [0.29, 0.717) is 24.5 Å². The van der Waals surface area contributed by atoms with E-state index in [2.05, 4.69) is 50.4 Å². The lowest BCUT2D eigenvalue weighted by atomic mass is 9.87. The monoisotopic (exact) mass is 373 g/mol. The average molecular weight is 373 g/mol. The molecule has 0 aliphatic rings. The lowest BCUT2D eigenvalue weighted by Gasteiger charge is -2.19. The third-order valence-electron chi connectivity index (χ3n) is 4.62. The Morgan fingerprint density at radius 2 is 1.57 bits per heavy atom. The van der Waals surface area contributed by atoms with E-state index in [9.17, 15) is 4.79 Å². The van der Waals surface area contributed by atoms with Crippen molar-refractivity contribution in [1.82, 2.24) is 5.32 Å². The SMILES string of the molecule is CC(C)(C)c1ccc(COc2cccc(C(=O)NCc3ccccc3)c2)cc1. The standard InChI is InChI=1S/C25H27NO2/c1-25(2,3)22-14-12-20(13-15-22)18-28-23-11-7-10-21(16-23)24(27)26-17-19-8-5-4-6-9-19/h4-16H,17-18H2,1-3H3,(H,26,27). The predicted molar refractivity (Wildman–Crippen MR) is 114 cm³/mol. The highest BCUT2D eigenvalue weighted by atomic mass is 16.5. The summed E-state index contributed by atoms with van der Waals surface area (Å²) in [6, 6.07) is 25.6. The summed E-state index contributed by atoms with van der Waals surface area (Å²) in [4.78, 5) is 12.4. The second kappa shape index (κ2) is 8.75. The van der Waals surface area contributed by atoms with Crippen LogP contribution in [0.2, 0.25) is 0 Å². The summed E-state index contributed by atoms with van der Waals surface area (Å²) >= 11 is 0. The van der Waals surface area contributed by atoms with E-state index in [0.717, 1.165) is 11.1 Å². The first kappa shape index (κ1) is 19.7. The molecule has 0 saturated carbocycles.